The number of rotatable bonds is 6. The Bertz CT molecular complexity index is 714. The zero-order valence-electron chi connectivity index (χ0n) is 14.5. The first kappa shape index (κ1) is 18.0. The van der Waals surface area contributed by atoms with Gasteiger partial charge in [0.1, 0.15) is 12.4 Å². The fourth-order valence-corrected chi connectivity index (χ4v) is 3.00. The molecule has 0 radical (unpaired) electrons. The second kappa shape index (κ2) is 8.06. The van der Waals surface area contributed by atoms with E-state index in [1.54, 1.807) is 10.7 Å². The van der Waals surface area contributed by atoms with Gasteiger partial charge in [0.25, 0.3) is 0 Å². The SMILES string of the molecule is CN(C)c1cc(OCc2cc(Cl)ccc2F)n(CC2CCCCO2)n1. The van der Waals surface area contributed by atoms with Gasteiger partial charge < -0.3 is 14.4 Å². The van der Waals surface area contributed by atoms with Gasteiger partial charge in [-0.05, 0) is 37.5 Å². The Kier molecular flexibility index (Phi) is 5.81. The molecule has 1 atom stereocenters. The predicted molar refractivity (Wildman–Crippen MR) is 95.9 cm³/mol. The highest BCUT2D eigenvalue weighted by Crippen LogP contribution is 2.24. The Labute approximate surface area is 152 Å². The smallest absolute Gasteiger partial charge is 0.214 e. The van der Waals surface area contributed by atoms with Crippen LogP contribution in [-0.4, -0.2) is 36.6 Å². The van der Waals surface area contributed by atoms with Crippen molar-refractivity contribution >= 4 is 17.4 Å². The van der Waals surface area contributed by atoms with Crippen molar-refractivity contribution < 1.29 is 13.9 Å². The molecule has 136 valence electrons. The molecule has 1 saturated heterocycles. The number of hydrogen-bond donors (Lipinski definition) is 0. The van der Waals surface area contributed by atoms with Crippen LogP contribution < -0.4 is 9.64 Å². The third-order valence-electron chi connectivity index (χ3n) is 4.22. The van der Waals surface area contributed by atoms with Crippen LogP contribution in [0.2, 0.25) is 5.02 Å². The van der Waals surface area contributed by atoms with E-state index in [0.717, 1.165) is 31.7 Å². The second-order valence-electron chi connectivity index (χ2n) is 6.43. The molecule has 5 nitrogen and oxygen atoms in total. The van der Waals surface area contributed by atoms with Crippen molar-refractivity contribution in [3.63, 3.8) is 0 Å². The molecule has 2 aromatic rings. The van der Waals surface area contributed by atoms with Crippen molar-refractivity contribution in [1.29, 1.82) is 0 Å². The van der Waals surface area contributed by atoms with Gasteiger partial charge in [-0.2, -0.15) is 5.10 Å². The average Bonchev–Trinajstić information content (AvgIpc) is 3.00. The molecule has 1 aromatic carbocycles. The van der Waals surface area contributed by atoms with Crippen molar-refractivity contribution in [2.24, 2.45) is 0 Å². The van der Waals surface area contributed by atoms with E-state index in [2.05, 4.69) is 5.10 Å². The fraction of sp³-hybridized carbons (Fsp3) is 0.500. The normalized spacial score (nSPS) is 17.5. The first-order valence-electron chi connectivity index (χ1n) is 8.46. The number of ether oxygens (including phenoxy) is 2. The molecule has 1 aliphatic rings. The van der Waals surface area contributed by atoms with E-state index in [9.17, 15) is 4.39 Å². The van der Waals surface area contributed by atoms with Gasteiger partial charge in [-0.3, -0.25) is 0 Å². The van der Waals surface area contributed by atoms with Gasteiger partial charge in [-0.25, -0.2) is 9.07 Å². The molecule has 0 bridgehead atoms. The van der Waals surface area contributed by atoms with Crippen LogP contribution in [0.3, 0.4) is 0 Å². The lowest BCUT2D eigenvalue weighted by Crippen LogP contribution is -2.25. The topological polar surface area (TPSA) is 39.5 Å². The zero-order valence-corrected chi connectivity index (χ0v) is 15.3. The first-order valence-corrected chi connectivity index (χ1v) is 8.84. The molecule has 1 aromatic heterocycles. The maximum absolute atomic E-state index is 13.9. The molecule has 2 heterocycles. The van der Waals surface area contributed by atoms with Gasteiger partial charge in [0.2, 0.25) is 5.88 Å². The molecule has 1 unspecified atom stereocenters. The third-order valence-corrected chi connectivity index (χ3v) is 4.46. The Balaban J connectivity index is 1.75. The van der Waals surface area contributed by atoms with Crippen LogP contribution in [0.4, 0.5) is 10.2 Å². The number of anilines is 1. The summed E-state index contributed by atoms with van der Waals surface area (Å²) in [5, 5.41) is 5.06. The van der Waals surface area contributed by atoms with E-state index in [-0.39, 0.29) is 18.5 Å². The Hall–Kier alpha value is -1.79. The number of nitrogens with zero attached hydrogens (tertiary/aromatic N) is 3. The maximum atomic E-state index is 13.9. The maximum Gasteiger partial charge on any atom is 0.214 e. The van der Waals surface area contributed by atoms with E-state index in [1.165, 1.54) is 12.1 Å². The fourth-order valence-electron chi connectivity index (χ4n) is 2.80. The molecule has 0 saturated carbocycles. The Morgan fingerprint density at radius 2 is 2.20 bits per heavy atom. The van der Waals surface area contributed by atoms with Crippen LogP contribution in [-0.2, 0) is 17.9 Å². The quantitative estimate of drug-likeness (QED) is 0.776. The summed E-state index contributed by atoms with van der Waals surface area (Å²) in [6, 6.07) is 6.30. The van der Waals surface area contributed by atoms with Gasteiger partial charge in [-0.1, -0.05) is 11.6 Å². The zero-order chi connectivity index (χ0) is 17.8. The molecular formula is C18H23ClFN3O2. The third kappa shape index (κ3) is 4.64. The Morgan fingerprint density at radius 3 is 2.92 bits per heavy atom. The van der Waals surface area contributed by atoms with E-state index in [4.69, 9.17) is 21.1 Å². The summed E-state index contributed by atoms with van der Waals surface area (Å²) in [5.74, 6) is 1.05. The van der Waals surface area contributed by atoms with Gasteiger partial charge in [0.05, 0.1) is 12.6 Å². The predicted octanol–water partition coefficient (Wildman–Crippen LogP) is 3.89. The van der Waals surface area contributed by atoms with E-state index in [1.807, 2.05) is 25.1 Å². The minimum Gasteiger partial charge on any atom is -0.473 e. The lowest BCUT2D eigenvalue weighted by molar-refractivity contribution is 0.00237. The number of aromatic nitrogens is 2. The first-order chi connectivity index (χ1) is 12.0. The summed E-state index contributed by atoms with van der Waals surface area (Å²) in [4.78, 5) is 1.91. The van der Waals surface area contributed by atoms with Crippen molar-refractivity contribution in [2.45, 2.75) is 38.5 Å². The summed E-state index contributed by atoms with van der Waals surface area (Å²) >= 11 is 5.94. The van der Waals surface area contributed by atoms with Gasteiger partial charge in [0.15, 0.2) is 5.82 Å². The molecule has 1 aliphatic heterocycles. The lowest BCUT2D eigenvalue weighted by atomic mass is 10.1. The van der Waals surface area contributed by atoms with Crippen molar-refractivity contribution in [3.05, 3.63) is 40.7 Å². The van der Waals surface area contributed by atoms with Crippen LogP contribution >= 0.6 is 11.6 Å². The summed E-state index contributed by atoms with van der Waals surface area (Å²) in [5.41, 5.74) is 0.417. The van der Waals surface area contributed by atoms with Crippen molar-refractivity contribution in [3.8, 4) is 5.88 Å². The Morgan fingerprint density at radius 1 is 1.36 bits per heavy atom. The van der Waals surface area contributed by atoms with E-state index < -0.39 is 0 Å². The molecule has 3 rings (SSSR count). The van der Waals surface area contributed by atoms with Gasteiger partial charge >= 0.3 is 0 Å². The molecule has 0 aliphatic carbocycles. The van der Waals surface area contributed by atoms with Crippen LogP contribution in [0.5, 0.6) is 5.88 Å². The van der Waals surface area contributed by atoms with E-state index >= 15 is 0 Å². The molecule has 1 fully saturated rings. The van der Waals surface area contributed by atoms with Crippen molar-refractivity contribution in [2.75, 3.05) is 25.6 Å². The standard InChI is InChI=1S/C18H23ClFN3O2/c1-22(2)17-10-18(23(21-17)11-15-5-3-4-8-24-15)25-12-13-9-14(19)6-7-16(13)20/h6-7,9-10,15H,3-5,8,11-12H2,1-2H3. The second-order valence-corrected chi connectivity index (χ2v) is 6.87. The molecular weight excluding hydrogens is 345 g/mol. The number of halogens is 2. The molecule has 0 spiro atoms. The molecule has 25 heavy (non-hydrogen) atoms. The van der Waals surface area contributed by atoms with Crippen molar-refractivity contribution in [1.82, 2.24) is 9.78 Å². The lowest BCUT2D eigenvalue weighted by Gasteiger charge is -2.23. The highest BCUT2D eigenvalue weighted by Gasteiger charge is 2.19. The monoisotopic (exact) mass is 367 g/mol. The summed E-state index contributed by atoms with van der Waals surface area (Å²) in [6.07, 6.45) is 3.42. The van der Waals surface area contributed by atoms with Crippen LogP contribution in [0, 0.1) is 5.82 Å². The highest BCUT2D eigenvalue weighted by atomic mass is 35.5. The summed E-state index contributed by atoms with van der Waals surface area (Å²) < 4.78 is 27.3. The summed E-state index contributed by atoms with van der Waals surface area (Å²) in [7, 11) is 3.84. The minimum absolute atomic E-state index is 0.0937. The van der Waals surface area contributed by atoms with Crippen LogP contribution in [0.1, 0.15) is 24.8 Å². The minimum atomic E-state index is -0.334. The van der Waals surface area contributed by atoms with Gasteiger partial charge in [-0.15, -0.1) is 0 Å². The van der Waals surface area contributed by atoms with Crippen LogP contribution in [0.15, 0.2) is 24.3 Å². The average molecular weight is 368 g/mol. The molecule has 7 heteroatoms. The molecule has 0 amide bonds. The largest absolute Gasteiger partial charge is 0.473 e. The highest BCUT2D eigenvalue weighted by molar-refractivity contribution is 6.30. The number of benzene rings is 1. The number of hydrogen-bond acceptors (Lipinski definition) is 4. The van der Waals surface area contributed by atoms with Crippen LogP contribution in [0.25, 0.3) is 0 Å². The van der Waals surface area contributed by atoms with E-state index in [0.29, 0.717) is 23.0 Å². The molecule has 0 N–H and O–H groups in total. The summed E-state index contributed by atoms with van der Waals surface area (Å²) in [6.45, 7) is 1.51. The van der Waals surface area contributed by atoms with Gasteiger partial charge in [0, 0.05) is 37.4 Å².